The van der Waals surface area contributed by atoms with Gasteiger partial charge in [-0.3, -0.25) is 4.79 Å². The summed E-state index contributed by atoms with van der Waals surface area (Å²) in [6, 6.07) is 0. The highest BCUT2D eigenvalue weighted by Crippen LogP contribution is 2.11. The molecule has 0 aromatic carbocycles. The van der Waals surface area contributed by atoms with E-state index in [2.05, 4.69) is 5.32 Å². The molecule has 1 aliphatic rings. The van der Waals surface area contributed by atoms with Crippen LogP contribution in [-0.2, 0) is 14.8 Å². The zero-order chi connectivity index (χ0) is 11.5. The third-order valence-corrected chi connectivity index (χ3v) is 4.38. The van der Waals surface area contributed by atoms with Crippen molar-refractivity contribution in [2.45, 2.75) is 18.7 Å². The van der Waals surface area contributed by atoms with Crippen LogP contribution in [0.5, 0.6) is 0 Å². The summed E-state index contributed by atoms with van der Waals surface area (Å²) in [6.07, 6.45) is 0.669. The van der Waals surface area contributed by atoms with Gasteiger partial charge in [-0.05, 0) is 13.3 Å². The lowest BCUT2D eigenvalue weighted by atomic mass is 10.4. The number of rotatable bonds is 4. The maximum Gasteiger partial charge on any atom is 0.237 e. The molecule has 1 heterocycles. The highest BCUT2D eigenvalue weighted by atomic mass is 35.5. The normalized spacial score (nSPS) is 22.5. The van der Waals surface area contributed by atoms with E-state index in [-0.39, 0.29) is 11.7 Å². The highest BCUT2D eigenvalue weighted by Gasteiger charge is 2.27. The third kappa shape index (κ3) is 3.62. The summed E-state index contributed by atoms with van der Waals surface area (Å²) in [7, 11) is -3.06. The fraction of sp³-hybridized carbons (Fsp3) is 0.875. The Hall–Kier alpha value is -0.330. The summed E-state index contributed by atoms with van der Waals surface area (Å²) in [5.41, 5.74) is 0. The average molecular weight is 255 g/mol. The molecule has 0 aromatic heterocycles. The van der Waals surface area contributed by atoms with E-state index in [1.54, 1.807) is 6.92 Å². The molecule has 0 saturated carbocycles. The first-order chi connectivity index (χ1) is 6.93. The van der Waals surface area contributed by atoms with Crippen LogP contribution in [-0.4, -0.2) is 49.4 Å². The van der Waals surface area contributed by atoms with Gasteiger partial charge in [0.2, 0.25) is 15.9 Å². The van der Waals surface area contributed by atoms with E-state index in [1.807, 2.05) is 0 Å². The van der Waals surface area contributed by atoms with Gasteiger partial charge in [-0.1, -0.05) is 0 Å². The van der Waals surface area contributed by atoms with Crippen LogP contribution in [0.25, 0.3) is 0 Å². The minimum atomic E-state index is -3.06. The summed E-state index contributed by atoms with van der Waals surface area (Å²) in [4.78, 5) is 11.1. The molecule has 88 valence electrons. The van der Waals surface area contributed by atoms with E-state index in [0.29, 0.717) is 26.1 Å². The van der Waals surface area contributed by atoms with Gasteiger partial charge in [-0.2, -0.15) is 0 Å². The number of nitrogens with one attached hydrogen (secondary N) is 1. The van der Waals surface area contributed by atoms with Crippen LogP contribution in [0.2, 0.25) is 0 Å². The fourth-order valence-corrected chi connectivity index (χ4v) is 2.99. The lowest BCUT2D eigenvalue weighted by Gasteiger charge is -2.14. The van der Waals surface area contributed by atoms with Gasteiger partial charge in [0.25, 0.3) is 0 Å². The van der Waals surface area contributed by atoms with Gasteiger partial charge >= 0.3 is 0 Å². The molecule has 0 aromatic rings. The molecular formula is C8H15ClN2O3S. The minimum absolute atomic E-state index is 0.215. The maximum absolute atomic E-state index is 11.4. The fourth-order valence-electron chi connectivity index (χ4n) is 1.39. The quantitative estimate of drug-likeness (QED) is 0.705. The summed E-state index contributed by atoms with van der Waals surface area (Å²) >= 11 is 5.54. The van der Waals surface area contributed by atoms with Crippen molar-refractivity contribution in [3.8, 4) is 0 Å². The second-order valence-electron chi connectivity index (χ2n) is 3.48. The summed E-state index contributed by atoms with van der Waals surface area (Å²) in [5.74, 6) is -0.0550. The summed E-state index contributed by atoms with van der Waals surface area (Å²) in [6.45, 7) is 2.77. The molecule has 5 nitrogen and oxygen atoms in total. The van der Waals surface area contributed by atoms with E-state index < -0.39 is 15.4 Å². The number of hydrogen-bond acceptors (Lipinski definition) is 3. The molecule has 1 saturated heterocycles. The van der Waals surface area contributed by atoms with E-state index in [9.17, 15) is 13.2 Å². The number of carbonyl (C=O) groups is 1. The lowest BCUT2D eigenvalue weighted by molar-refractivity contribution is -0.120. The SMILES string of the molecule is CC(Cl)C(=O)NCCN1CCCS1(=O)=O. The Bertz CT molecular complexity index is 329. The Morgan fingerprint density at radius 2 is 2.27 bits per heavy atom. The van der Waals surface area contributed by atoms with Crippen molar-refractivity contribution in [1.29, 1.82) is 0 Å². The standard InChI is InChI=1S/C8H15ClN2O3S/c1-7(9)8(12)10-3-5-11-4-2-6-15(11,13)14/h7H,2-6H2,1H3,(H,10,12). The number of carbonyl (C=O) groups excluding carboxylic acids is 1. The van der Waals surface area contributed by atoms with Crippen LogP contribution in [0.1, 0.15) is 13.3 Å². The lowest BCUT2D eigenvalue weighted by Crippen LogP contribution is -2.38. The molecule has 1 atom stereocenters. The number of alkyl halides is 1. The van der Waals surface area contributed by atoms with Gasteiger partial charge in [0, 0.05) is 19.6 Å². The maximum atomic E-state index is 11.4. The predicted octanol–water partition coefficient (Wildman–Crippen LogP) is -0.235. The Labute approximate surface area is 94.8 Å². The van der Waals surface area contributed by atoms with Gasteiger partial charge < -0.3 is 5.32 Å². The van der Waals surface area contributed by atoms with Gasteiger partial charge in [0.15, 0.2) is 0 Å². The highest BCUT2D eigenvalue weighted by molar-refractivity contribution is 7.89. The molecule has 1 unspecified atom stereocenters. The Morgan fingerprint density at radius 1 is 1.60 bits per heavy atom. The number of amides is 1. The van der Waals surface area contributed by atoms with Crippen LogP contribution < -0.4 is 5.32 Å². The van der Waals surface area contributed by atoms with Crippen molar-refractivity contribution in [2.24, 2.45) is 0 Å². The summed E-state index contributed by atoms with van der Waals surface area (Å²) in [5, 5.41) is 1.99. The van der Waals surface area contributed by atoms with Crippen molar-refractivity contribution in [2.75, 3.05) is 25.4 Å². The van der Waals surface area contributed by atoms with Gasteiger partial charge in [0.1, 0.15) is 5.38 Å². The smallest absolute Gasteiger partial charge is 0.237 e. The molecule has 1 aliphatic heterocycles. The van der Waals surface area contributed by atoms with E-state index in [0.717, 1.165) is 0 Å². The molecule has 15 heavy (non-hydrogen) atoms. The zero-order valence-electron chi connectivity index (χ0n) is 8.57. The van der Waals surface area contributed by atoms with Gasteiger partial charge in [-0.15, -0.1) is 11.6 Å². The molecule has 1 amide bonds. The van der Waals surface area contributed by atoms with Crippen LogP contribution in [0.15, 0.2) is 0 Å². The Balaban J connectivity index is 2.30. The minimum Gasteiger partial charge on any atom is -0.354 e. The molecular weight excluding hydrogens is 240 g/mol. The van der Waals surface area contributed by atoms with Crippen molar-refractivity contribution < 1.29 is 13.2 Å². The Kier molecular flexibility index (Phi) is 4.36. The molecule has 0 bridgehead atoms. The van der Waals surface area contributed by atoms with Gasteiger partial charge in [-0.25, -0.2) is 12.7 Å². The predicted molar refractivity (Wildman–Crippen MR) is 58.3 cm³/mol. The molecule has 1 rings (SSSR count). The Morgan fingerprint density at radius 3 is 2.73 bits per heavy atom. The van der Waals surface area contributed by atoms with E-state index in [1.165, 1.54) is 4.31 Å². The summed E-state index contributed by atoms with van der Waals surface area (Å²) < 4.78 is 24.1. The second-order valence-corrected chi connectivity index (χ2v) is 6.22. The van der Waals surface area contributed by atoms with E-state index in [4.69, 9.17) is 11.6 Å². The second kappa shape index (κ2) is 5.14. The molecule has 0 radical (unpaired) electrons. The first-order valence-corrected chi connectivity index (χ1v) is 6.87. The molecule has 1 N–H and O–H groups in total. The van der Waals surface area contributed by atoms with Crippen LogP contribution >= 0.6 is 11.6 Å². The van der Waals surface area contributed by atoms with Crippen molar-refractivity contribution >= 4 is 27.5 Å². The number of nitrogens with zero attached hydrogens (tertiary/aromatic N) is 1. The van der Waals surface area contributed by atoms with Crippen LogP contribution in [0, 0.1) is 0 Å². The first kappa shape index (κ1) is 12.7. The number of halogens is 1. The van der Waals surface area contributed by atoms with Crippen molar-refractivity contribution in [3.05, 3.63) is 0 Å². The number of sulfonamides is 1. The van der Waals surface area contributed by atoms with Crippen LogP contribution in [0.4, 0.5) is 0 Å². The molecule has 0 spiro atoms. The number of hydrogen-bond donors (Lipinski definition) is 1. The molecule has 7 heteroatoms. The average Bonchev–Trinajstić information content (AvgIpc) is 2.45. The van der Waals surface area contributed by atoms with Crippen molar-refractivity contribution in [1.82, 2.24) is 9.62 Å². The first-order valence-electron chi connectivity index (χ1n) is 4.83. The topological polar surface area (TPSA) is 66.5 Å². The van der Waals surface area contributed by atoms with Crippen LogP contribution in [0.3, 0.4) is 0 Å². The van der Waals surface area contributed by atoms with E-state index >= 15 is 0 Å². The molecule has 0 aliphatic carbocycles. The van der Waals surface area contributed by atoms with Crippen molar-refractivity contribution in [3.63, 3.8) is 0 Å². The third-order valence-electron chi connectivity index (χ3n) is 2.22. The monoisotopic (exact) mass is 254 g/mol. The molecule has 1 fully saturated rings. The largest absolute Gasteiger partial charge is 0.354 e. The zero-order valence-corrected chi connectivity index (χ0v) is 10.1. The van der Waals surface area contributed by atoms with Gasteiger partial charge in [0.05, 0.1) is 5.75 Å².